The van der Waals surface area contributed by atoms with Crippen molar-refractivity contribution in [3.8, 4) is 17.0 Å². The molecule has 1 aliphatic heterocycles. The van der Waals surface area contributed by atoms with Gasteiger partial charge in [0.05, 0.1) is 18.8 Å². The van der Waals surface area contributed by atoms with Crippen LogP contribution >= 0.6 is 0 Å². The summed E-state index contributed by atoms with van der Waals surface area (Å²) in [6.07, 6.45) is 0.817. The zero-order chi connectivity index (χ0) is 20.5. The molecule has 2 heterocycles. The molecule has 0 spiro atoms. The van der Waals surface area contributed by atoms with Crippen LogP contribution in [-0.4, -0.2) is 34.2 Å². The van der Waals surface area contributed by atoms with Crippen LogP contribution in [0.2, 0.25) is 0 Å². The van der Waals surface area contributed by atoms with Gasteiger partial charge in [-0.15, -0.1) is 0 Å². The number of nitrogens with zero attached hydrogens (tertiary/aromatic N) is 3. The van der Waals surface area contributed by atoms with E-state index in [0.717, 1.165) is 23.3 Å². The van der Waals surface area contributed by atoms with Crippen molar-refractivity contribution in [3.05, 3.63) is 81.6 Å². The number of methoxy groups -OCH3 is 1. The second-order valence-corrected chi connectivity index (χ2v) is 7.25. The monoisotopic (exact) mass is 389 g/mol. The van der Waals surface area contributed by atoms with Gasteiger partial charge >= 0.3 is 0 Å². The Morgan fingerprint density at radius 1 is 1.14 bits per heavy atom. The van der Waals surface area contributed by atoms with Gasteiger partial charge in [0, 0.05) is 30.8 Å². The fourth-order valence-electron chi connectivity index (χ4n) is 3.83. The largest absolute Gasteiger partial charge is 0.497 e. The third-order valence-corrected chi connectivity index (χ3v) is 5.52. The molecular weight excluding hydrogens is 366 g/mol. The Bertz CT molecular complexity index is 1140. The highest BCUT2D eigenvalue weighted by Crippen LogP contribution is 2.33. The Balaban J connectivity index is 1.64. The molecule has 1 aliphatic rings. The molecule has 0 unspecified atom stereocenters. The minimum atomic E-state index is -0.169. The predicted molar refractivity (Wildman–Crippen MR) is 111 cm³/mol. The summed E-state index contributed by atoms with van der Waals surface area (Å²) in [5, 5.41) is 4.29. The van der Waals surface area contributed by atoms with Crippen LogP contribution in [0.3, 0.4) is 0 Å². The molecule has 1 amide bonds. The van der Waals surface area contributed by atoms with Crippen LogP contribution < -0.4 is 10.3 Å². The second kappa shape index (κ2) is 7.54. The number of hydrogen-bond acceptors (Lipinski definition) is 4. The van der Waals surface area contributed by atoms with Crippen LogP contribution in [0.4, 0.5) is 0 Å². The first-order valence-corrected chi connectivity index (χ1v) is 9.60. The summed E-state index contributed by atoms with van der Waals surface area (Å²) in [6.45, 7) is 2.72. The van der Waals surface area contributed by atoms with Crippen LogP contribution in [0.15, 0.2) is 59.4 Å². The number of ether oxygens (including phenoxy) is 1. The van der Waals surface area contributed by atoms with Crippen molar-refractivity contribution in [2.45, 2.75) is 19.4 Å². The molecule has 3 aromatic rings. The lowest BCUT2D eigenvalue weighted by Crippen LogP contribution is -2.38. The Hall–Kier alpha value is -3.41. The molecule has 2 aromatic carbocycles. The Labute approximate surface area is 169 Å². The molecule has 0 saturated heterocycles. The van der Waals surface area contributed by atoms with E-state index in [1.54, 1.807) is 20.2 Å². The molecule has 0 radical (unpaired) electrons. The Morgan fingerprint density at radius 3 is 2.72 bits per heavy atom. The van der Waals surface area contributed by atoms with E-state index in [1.165, 1.54) is 16.3 Å². The third-order valence-electron chi connectivity index (χ3n) is 5.52. The highest BCUT2D eigenvalue weighted by atomic mass is 16.5. The summed E-state index contributed by atoms with van der Waals surface area (Å²) in [7, 11) is 3.26. The third kappa shape index (κ3) is 3.53. The minimum absolute atomic E-state index is 0.0161. The molecule has 0 bridgehead atoms. The molecule has 0 aliphatic carbocycles. The maximum absolute atomic E-state index is 13.3. The lowest BCUT2D eigenvalue weighted by Gasteiger charge is -2.35. The van der Waals surface area contributed by atoms with E-state index >= 15 is 0 Å². The lowest BCUT2D eigenvalue weighted by atomic mass is 9.92. The summed E-state index contributed by atoms with van der Waals surface area (Å²) in [5.74, 6) is 0.783. The van der Waals surface area contributed by atoms with E-state index in [0.29, 0.717) is 17.8 Å². The van der Waals surface area contributed by atoms with Crippen molar-refractivity contribution < 1.29 is 9.53 Å². The van der Waals surface area contributed by atoms with Gasteiger partial charge in [-0.25, -0.2) is 4.68 Å². The second-order valence-electron chi connectivity index (χ2n) is 7.25. The molecule has 4 rings (SSSR count). The van der Waals surface area contributed by atoms with Gasteiger partial charge in [-0.3, -0.25) is 9.59 Å². The van der Waals surface area contributed by atoms with Gasteiger partial charge in [0.1, 0.15) is 5.75 Å². The highest BCUT2D eigenvalue weighted by Gasteiger charge is 2.28. The van der Waals surface area contributed by atoms with Gasteiger partial charge in [-0.1, -0.05) is 18.2 Å². The summed E-state index contributed by atoms with van der Waals surface area (Å²) >= 11 is 0. The average molecular weight is 389 g/mol. The van der Waals surface area contributed by atoms with Crippen LogP contribution in [-0.2, 0) is 13.5 Å². The molecule has 1 aromatic heterocycles. The average Bonchev–Trinajstić information content (AvgIpc) is 2.75. The predicted octanol–water partition coefficient (Wildman–Crippen LogP) is 3.22. The first kappa shape index (κ1) is 18.9. The number of carbonyl (C=O) groups excluding carboxylic acids is 1. The van der Waals surface area contributed by atoms with Crippen molar-refractivity contribution in [1.29, 1.82) is 0 Å². The highest BCUT2D eigenvalue weighted by molar-refractivity contribution is 5.95. The van der Waals surface area contributed by atoms with Gasteiger partial charge in [-0.2, -0.15) is 5.10 Å². The molecule has 0 saturated carbocycles. The smallest absolute Gasteiger partial charge is 0.266 e. The maximum atomic E-state index is 13.3. The fraction of sp³-hybridized carbons (Fsp3) is 0.261. The summed E-state index contributed by atoms with van der Waals surface area (Å²) in [4.78, 5) is 26.8. The van der Waals surface area contributed by atoms with Crippen LogP contribution in [0.5, 0.6) is 5.75 Å². The Kier molecular flexibility index (Phi) is 4.92. The molecule has 148 valence electrons. The van der Waals surface area contributed by atoms with E-state index in [1.807, 2.05) is 48.2 Å². The van der Waals surface area contributed by atoms with E-state index in [4.69, 9.17) is 4.74 Å². The van der Waals surface area contributed by atoms with Crippen molar-refractivity contribution >= 4 is 5.91 Å². The molecule has 6 nitrogen and oxygen atoms in total. The number of amides is 1. The lowest BCUT2D eigenvalue weighted by molar-refractivity contribution is 0.0677. The first-order chi connectivity index (χ1) is 14.0. The van der Waals surface area contributed by atoms with Crippen molar-refractivity contribution in [2.75, 3.05) is 13.7 Å². The SMILES string of the molecule is COc1ccc2c(c1)[C@H](C)N(C(=O)c1cccc(-c3ccc(=O)n(C)n3)c1)CC2. The molecule has 1 atom stereocenters. The van der Waals surface area contributed by atoms with E-state index in [2.05, 4.69) is 11.2 Å². The van der Waals surface area contributed by atoms with Gasteiger partial charge in [-0.05, 0) is 54.8 Å². The molecule has 0 fully saturated rings. The van der Waals surface area contributed by atoms with Gasteiger partial charge in [0.25, 0.3) is 11.5 Å². The molecule has 6 heteroatoms. The number of rotatable bonds is 3. The maximum Gasteiger partial charge on any atom is 0.266 e. The quantitative estimate of drug-likeness (QED) is 0.690. The van der Waals surface area contributed by atoms with E-state index < -0.39 is 0 Å². The normalized spacial score (nSPS) is 15.7. The topological polar surface area (TPSA) is 64.4 Å². The fourth-order valence-corrected chi connectivity index (χ4v) is 3.83. The van der Waals surface area contributed by atoms with Crippen molar-refractivity contribution in [1.82, 2.24) is 14.7 Å². The number of fused-ring (bicyclic) bond motifs is 1. The summed E-state index contributed by atoms with van der Waals surface area (Å²) in [6, 6.07) is 16.6. The summed E-state index contributed by atoms with van der Waals surface area (Å²) in [5.41, 5.74) is 4.28. The van der Waals surface area contributed by atoms with Crippen LogP contribution in [0.1, 0.15) is 34.5 Å². The molecule has 29 heavy (non-hydrogen) atoms. The molecule has 0 N–H and O–H groups in total. The van der Waals surface area contributed by atoms with Crippen LogP contribution in [0, 0.1) is 0 Å². The van der Waals surface area contributed by atoms with Crippen LogP contribution in [0.25, 0.3) is 11.3 Å². The van der Waals surface area contributed by atoms with Gasteiger partial charge in [0.15, 0.2) is 0 Å². The number of benzene rings is 2. The number of carbonyl (C=O) groups is 1. The first-order valence-electron chi connectivity index (χ1n) is 9.60. The standard InChI is InChI=1S/C23H23N3O3/c1-15-20-14-19(29-3)8-7-16(20)11-12-26(15)23(28)18-6-4-5-17(13-18)21-9-10-22(27)25(2)24-21/h4-10,13-15H,11-12H2,1-3H3/t15-/m0/s1. The van der Waals surface area contributed by atoms with E-state index in [9.17, 15) is 9.59 Å². The molecular formula is C23H23N3O3. The number of aromatic nitrogens is 2. The minimum Gasteiger partial charge on any atom is -0.497 e. The zero-order valence-corrected chi connectivity index (χ0v) is 16.8. The van der Waals surface area contributed by atoms with Gasteiger partial charge < -0.3 is 9.64 Å². The Morgan fingerprint density at radius 2 is 1.97 bits per heavy atom. The number of hydrogen-bond donors (Lipinski definition) is 0. The number of aryl methyl sites for hydroxylation is 1. The zero-order valence-electron chi connectivity index (χ0n) is 16.8. The van der Waals surface area contributed by atoms with E-state index in [-0.39, 0.29) is 17.5 Å². The van der Waals surface area contributed by atoms with Crippen molar-refractivity contribution in [3.63, 3.8) is 0 Å². The van der Waals surface area contributed by atoms with Crippen molar-refractivity contribution in [2.24, 2.45) is 7.05 Å². The van der Waals surface area contributed by atoms with Gasteiger partial charge in [0.2, 0.25) is 0 Å². The summed E-state index contributed by atoms with van der Waals surface area (Å²) < 4.78 is 6.65.